The molecule has 0 bridgehead atoms. The predicted octanol–water partition coefficient (Wildman–Crippen LogP) is 2.99. The number of hydrogen-bond acceptors (Lipinski definition) is 3. The molecular weight excluding hydrogens is 256 g/mol. The molecular formula is C11H9BrN2O. The highest BCUT2D eigenvalue weighted by Gasteiger charge is 2.26. The van der Waals surface area contributed by atoms with E-state index in [2.05, 4.69) is 38.4 Å². The van der Waals surface area contributed by atoms with Crippen LogP contribution < -0.4 is 5.32 Å². The highest BCUT2D eigenvalue weighted by atomic mass is 79.9. The van der Waals surface area contributed by atoms with Crippen LogP contribution in [0.2, 0.25) is 0 Å². The molecule has 3 nitrogen and oxygen atoms in total. The van der Waals surface area contributed by atoms with Gasteiger partial charge in [-0.25, -0.2) is 4.98 Å². The summed E-state index contributed by atoms with van der Waals surface area (Å²) in [6.07, 6.45) is 3.30. The van der Waals surface area contributed by atoms with Gasteiger partial charge in [-0.15, -0.1) is 0 Å². The lowest BCUT2D eigenvalue weighted by Gasteiger charge is -2.05. The van der Waals surface area contributed by atoms with Crippen LogP contribution in [-0.4, -0.2) is 11.5 Å². The first kappa shape index (κ1) is 8.97. The number of anilines is 1. The topological polar surface area (TPSA) is 38.1 Å². The Morgan fingerprint density at radius 3 is 3.20 bits per heavy atom. The van der Waals surface area contributed by atoms with Gasteiger partial charge in [0.2, 0.25) is 5.89 Å². The Morgan fingerprint density at radius 1 is 1.47 bits per heavy atom. The molecule has 3 rings (SSSR count). The monoisotopic (exact) mass is 264 g/mol. The quantitative estimate of drug-likeness (QED) is 0.861. The number of fused-ring (bicyclic) bond motifs is 1. The molecule has 4 heteroatoms. The Kier molecular flexibility index (Phi) is 2.02. The van der Waals surface area contributed by atoms with Crippen molar-refractivity contribution in [2.24, 2.45) is 0 Å². The predicted molar refractivity (Wildman–Crippen MR) is 61.0 cm³/mol. The van der Waals surface area contributed by atoms with Crippen LogP contribution >= 0.6 is 15.9 Å². The van der Waals surface area contributed by atoms with Crippen molar-refractivity contribution in [2.45, 2.75) is 5.92 Å². The van der Waals surface area contributed by atoms with Gasteiger partial charge in [0.25, 0.3) is 0 Å². The molecule has 0 fully saturated rings. The van der Waals surface area contributed by atoms with Crippen LogP contribution in [0.3, 0.4) is 0 Å². The average molecular weight is 265 g/mol. The van der Waals surface area contributed by atoms with E-state index in [9.17, 15) is 0 Å². The Balaban J connectivity index is 2.08. The third-order valence-corrected chi connectivity index (χ3v) is 3.13. The highest BCUT2D eigenvalue weighted by molar-refractivity contribution is 9.10. The molecule has 15 heavy (non-hydrogen) atoms. The van der Waals surface area contributed by atoms with E-state index in [1.807, 2.05) is 6.07 Å². The summed E-state index contributed by atoms with van der Waals surface area (Å²) in [6.45, 7) is 0.853. The number of hydrogen-bond donors (Lipinski definition) is 1. The van der Waals surface area contributed by atoms with Crippen LogP contribution in [0, 0.1) is 0 Å². The van der Waals surface area contributed by atoms with Gasteiger partial charge in [-0.1, -0.05) is 15.9 Å². The van der Waals surface area contributed by atoms with Crippen molar-refractivity contribution in [3.8, 4) is 0 Å². The third-order valence-electron chi connectivity index (χ3n) is 2.64. The fourth-order valence-electron chi connectivity index (χ4n) is 1.93. The zero-order valence-electron chi connectivity index (χ0n) is 7.90. The summed E-state index contributed by atoms with van der Waals surface area (Å²) in [6, 6.07) is 6.22. The number of nitrogens with one attached hydrogen (secondary N) is 1. The second-order valence-corrected chi connectivity index (χ2v) is 4.45. The highest BCUT2D eigenvalue weighted by Crippen LogP contribution is 2.36. The van der Waals surface area contributed by atoms with Crippen molar-refractivity contribution in [2.75, 3.05) is 11.9 Å². The number of benzene rings is 1. The second kappa shape index (κ2) is 3.38. The van der Waals surface area contributed by atoms with Gasteiger partial charge in [0.05, 0.1) is 12.1 Å². The van der Waals surface area contributed by atoms with Crippen molar-refractivity contribution in [3.63, 3.8) is 0 Å². The number of halogens is 1. The first-order valence-corrected chi connectivity index (χ1v) is 5.56. The van der Waals surface area contributed by atoms with Crippen LogP contribution in [0.1, 0.15) is 17.4 Å². The Bertz CT molecular complexity index is 481. The maximum atomic E-state index is 5.35. The van der Waals surface area contributed by atoms with Gasteiger partial charge < -0.3 is 9.73 Å². The van der Waals surface area contributed by atoms with Crippen molar-refractivity contribution in [1.29, 1.82) is 0 Å². The minimum Gasteiger partial charge on any atom is -0.448 e. The summed E-state index contributed by atoms with van der Waals surface area (Å²) < 4.78 is 6.43. The molecule has 1 unspecified atom stereocenters. The molecule has 1 aliphatic rings. The van der Waals surface area contributed by atoms with E-state index < -0.39 is 0 Å². The molecule has 0 radical (unpaired) electrons. The lowest BCUT2D eigenvalue weighted by atomic mass is 10.0. The van der Waals surface area contributed by atoms with Crippen LogP contribution in [0.5, 0.6) is 0 Å². The van der Waals surface area contributed by atoms with E-state index >= 15 is 0 Å². The number of oxazole rings is 1. The van der Waals surface area contributed by atoms with Crippen LogP contribution in [0.25, 0.3) is 0 Å². The Labute approximate surface area is 95.6 Å². The fraction of sp³-hybridized carbons (Fsp3) is 0.182. The zero-order valence-corrected chi connectivity index (χ0v) is 9.49. The molecule has 2 heterocycles. The van der Waals surface area contributed by atoms with Crippen molar-refractivity contribution < 1.29 is 4.42 Å². The SMILES string of the molecule is Brc1ccc2c(c1)C(c1ncco1)CN2. The molecule has 0 amide bonds. The van der Waals surface area contributed by atoms with Gasteiger partial charge in [-0.2, -0.15) is 0 Å². The van der Waals surface area contributed by atoms with Gasteiger partial charge in [0.15, 0.2) is 0 Å². The molecule has 1 aliphatic heterocycles. The summed E-state index contributed by atoms with van der Waals surface area (Å²) in [5.74, 6) is 1.01. The normalized spacial score (nSPS) is 18.6. The first-order chi connectivity index (χ1) is 7.34. The minimum absolute atomic E-state index is 0.229. The standard InChI is InChI=1S/C11H9BrN2O/c12-7-1-2-10-8(5-7)9(6-14-10)11-13-3-4-15-11/h1-5,9,14H,6H2. The smallest absolute Gasteiger partial charge is 0.203 e. The molecule has 0 saturated carbocycles. The fourth-order valence-corrected chi connectivity index (χ4v) is 2.31. The largest absolute Gasteiger partial charge is 0.448 e. The van der Waals surface area contributed by atoms with E-state index in [0.717, 1.165) is 16.9 Å². The molecule has 0 aliphatic carbocycles. The molecule has 0 saturated heterocycles. The van der Waals surface area contributed by atoms with E-state index in [0.29, 0.717) is 0 Å². The summed E-state index contributed by atoms with van der Waals surface area (Å²) in [5, 5.41) is 3.34. The van der Waals surface area contributed by atoms with Gasteiger partial charge in [0, 0.05) is 16.7 Å². The maximum absolute atomic E-state index is 5.35. The zero-order chi connectivity index (χ0) is 10.3. The molecule has 1 aromatic heterocycles. The summed E-state index contributed by atoms with van der Waals surface area (Å²) in [5.41, 5.74) is 2.41. The van der Waals surface area contributed by atoms with Gasteiger partial charge in [-0.3, -0.25) is 0 Å². The Morgan fingerprint density at radius 2 is 2.40 bits per heavy atom. The summed E-state index contributed by atoms with van der Waals surface area (Å²) in [4.78, 5) is 4.20. The van der Waals surface area contributed by atoms with Gasteiger partial charge in [-0.05, 0) is 23.8 Å². The van der Waals surface area contributed by atoms with E-state index in [1.54, 1.807) is 12.5 Å². The molecule has 76 valence electrons. The number of aromatic nitrogens is 1. The molecule has 1 aromatic carbocycles. The van der Waals surface area contributed by atoms with Crippen LogP contribution in [0.4, 0.5) is 5.69 Å². The molecule has 2 aromatic rings. The average Bonchev–Trinajstić information content (AvgIpc) is 2.83. The Hall–Kier alpha value is -1.29. The van der Waals surface area contributed by atoms with E-state index in [-0.39, 0.29) is 5.92 Å². The molecule has 1 N–H and O–H groups in total. The minimum atomic E-state index is 0.229. The summed E-state index contributed by atoms with van der Waals surface area (Å²) >= 11 is 3.48. The van der Waals surface area contributed by atoms with Crippen LogP contribution in [-0.2, 0) is 0 Å². The van der Waals surface area contributed by atoms with Crippen molar-refractivity contribution >= 4 is 21.6 Å². The van der Waals surface area contributed by atoms with E-state index in [1.165, 1.54) is 11.3 Å². The molecule has 0 spiro atoms. The lowest BCUT2D eigenvalue weighted by Crippen LogP contribution is -2.03. The van der Waals surface area contributed by atoms with Crippen molar-refractivity contribution in [1.82, 2.24) is 4.98 Å². The maximum Gasteiger partial charge on any atom is 0.203 e. The molecule has 1 atom stereocenters. The second-order valence-electron chi connectivity index (χ2n) is 3.54. The number of rotatable bonds is 1. The van der Waals surface area contributed by atoms with E-state index in [4.69, 9.17) is 4.42 Å². The first-order valence-electron chi connectivity index (χ1n) is 4.77. The van der Waals surface area contributed by atoms with Gasteiger partial charge >= 0.3 is 0 Å². The lowest BCUT2D eigenvalue weighted by molar-refractivity contribution is 0.480. The number of nitrogens with zero attached hydrogens (tertiary/aromatic N) is 1. The summed E-state index contributed by atoms with van der Waals surface area (Å²) in [7, 11) is 0. The van der Waals surface area contributed by atoms with Crippen LogP contribution in [0.15, 0.2) is 39.5 Å². The van der Waals surface area contributed by atoms with Gasteiger partial charge in [0.1, 0.15) is 6.26 Å². The van der Waals surface area contributed by atoms with Crippen molar-refractivity contribution in [3.05, 3.63) is 46.6 Å². The third kappa shape index (κ3) is 1.45.